The zero-order valence-corrected chi connectivity index (χ0v) is 10.9. The van der Waals surface area contributed by atoms with Crippen molar-refractivity contribution in [1.82, 2.24) is 25.5 Å². The van der Waals surface area contributed by atoms with E-state index in [2.05, 4.69) is 32.4 Å². The number of hydrogen-bond donors (Lipinski definition) is 2. The van der Waals surface area contributed by atoms with E-state index in [1.54, 1.807) is 12.4 Å². The highest BCUT2D eigenvalue weighted by Gasteiger charge is 2.11. The minimum absolute atomic E-state index is 0.203. The Morgan fingerprint density at radius 1 is 1.42 bits per heavy atom. The van der Waals surface area contributed by atoms with Gasteiger partial charge in [-0.25, -0.2) is 4.98 Å². The molecule has 6 heteroatoms. The minimum Gasteiger partial charge on any atom is -0.349 e. The highest BCUT2D eigenvalue weighted by molar-refractivity contribution is 5.90. The van der Waals surface area contributed by atoms with Crippen molar-refractivity contribution in [1.29, 1.82) is 0 Å². The molecule has 2 N–H and O–H groups in total. The molecule has 0 atom stereocenters. The third kappa shape index (κ3) is 3.87. The average molecular weight is 259 g/mol. The van der Waals surface area contributed by atoms with Gasteiger partial charge in [0.05, 0.1) is 0 Å². The lowest BCUT2D eigenvalue weighted by Crippen LogP contribution is -2.26. The number of carbonyl (C=O) groups excluding carboxylic acids is 1. The second-order valence-electron chi connectivity index (χ2n) is 4.22. The van der Waals surface area contributed by atoms with E-state index in [-0.39, 0.29) is 11.7 Å². The Labute approximate surface area is 111 Å². The van der Waals surface area contributed by atoms with Crippen LogP contribution in [0.1, 0.15) is 35.4 Å². The van der Waals surface area contributed by atoms with Crippen LogP contribution in [0.4, 0.5) is 0 Å². The van der Waals surface area contributed by atoms with Gasteiger partial charge in [-0.05, 0) is 24.5 Å². The molecule has 0 fully saturated rings. The number of amides is 1. The van der Waals surface area contributed by atoms with Crippen LogP contribution in [0.3, 0.4) is 0 Å². The van der Waals surface area contributed by atoms with Gasteiger partial charge in [0.15, 0.2) is 0 Å². The normalized spacial score (nSPS) is 10.4. The number of nitrogens with zero attached hydrogens (tertiary/aromatic N) is 3. The topological polar surface area (TPSA) is 83.6 Å². The SMILES string of the molecule is CCCc1nc(C(=O)NCCc2cccnc2)n[nH]1. The predicted molar refractivity (Wildman–Crippen MR) is 70.7 cm³/mol. The van der Waals surface area contributed by atoms with Crippen LogP contribution in [0.25, 0.3) is 0 Å². The van der Waals surface area contributed by atoms with Crippen LogP contribution in [-0.4, -0.2) is 32.6 Å². The lowest BCUT2D eigenvalue weighted by Gasteiger charge is -2.02. The summed E-state index contributed by atoms with van der Waals surface area (Å²) in [5, 5.41) is 9.45. The van der Waals surface area contributed by atoms with E-state index >= 15 is 0 Å². The second-order valence-corrected chi connectivity index (χ2v) is 4.22. The molecule has 2 rings (SSSR count). The predicted octanol–water partition coefficient (Wildman–Crippen LogP) is 1.12. The monoisotopic (exact) mass is 259 g/mol. The van der Waals surface area contributed by atoms with Gasteiger partial charge in [0, 0.05) is 25.4 Å². The van der Waals surface area contributed by atoms with Crippen molar-refractivity contribution in [2.45, 2.75) is 26.2 Å². The largest absolute Gasteiger partial charge is 0.349 e. The van der Waals surface area contributed by atoms with Gasteiger partial charge in [-0.3, -0.25) is 14.9 Å². The Balaban J connectivity index is 1.80. The molecule has 6 nitrogen and oxygen atoms in total. The molecule has 1 amide bonds. The van der Waals surface area contributed by atoms with E-state index in [0.717, 1.165) is 30.7 Å². The number of hydrogen-bond acceptors (Lipinski definition) is 4. The fourth-order valence-electron chi connectivity index (χ4n) is 1.69. The van der Waals surface area contributed by atoms with Gasteiger partial charge in [-0.1, -0.05) is 13.0 Å². The molecule has 0 bridgehead atoms. The van der Waals surface area contributed by atoms with Crippen LogP contribution in [0.5, 0.6) is 0 Å². The Kier molecular flexibility index (Phi) is 4.60. The summed E-state index contributed by atoms with van der Waals surface area (Å²) in [7, 11) is 0. The Morgan fingerprint density at radius 3 is 3.05 bits per heavy atom. The van der Waals surface area contributed by atoms with Crippen LogP contribution >= 0.6 is 0 Å². The first-order valence-corrected chi connectivity index (χ1v) is 6.38. The average Bonchev–Trinajstić information content (AvgIpc) is 2.89. The van der Waals surface area contributed by atoms with Crippen LogP contribution in [0, 0.1) is 0 Å². The molecule has 2 aromatic heterocycles. The third-order valence-electron chi connectivity index (χ3n) is 2.64. The number of carbonyl (C=O) groups is 1. The second kappa shape index (κ2) is 6.63. The third-order valence-corrected chi connectivity index (χ3v) is 2.64. The number of nitrogens with one attached hydrogen (secondary N) is 2. The summed E-state index contributed by atoms with van der Waals surface area (Å²) in [6, 6.07) is 3.86. The summed E-state index contributed by atoms with van der Waals surface area (Å²) in [5.41, 5.74) is 1.09. The highest BCUT2D eigenvalue weighted by Crippen LogP contribution is 1.98. The molecule has 2 aromatic rings. The van der Waals surface area contributed by atoms with Crippen molar-refractivity contribution in [3.8, 4) is 0 Å². The van der Waals surface area contributed by atoms with Crippen molar-refractivity contribution >= 4 is 5.91 Å². The van der Waals surface area contributed by atoms with E-state index in [4.69, 9.17) is 0 Å². The van der Waals surface area contributed by atoms with Crippen LogP contribution in [-0.2, 0) is 12.8 Å². The summed E-state index contributed by atoms with van der Waals surface area (Å²) in [6.07, 6.45) is 6.03. The molecule has 0 saturated heterocycles. The first kappa shape index (κ1) is 13.2. The maximum absolute atomic E-state index is 11.8. The van der Waals surface area contributed by atoms with Crippen LogP contribution < -0.4 is 5.32 Å². The number of H-pyrrole nitrogens is 1. The molecule has 2 heterocycles. The summed E-state index contributed by atoms with van der Waals surface area (Å²) in [6.45, 7) is 2.60. The molecule has 0 aliphatic heterocycles. The van der Waals surface area contributed by atoms with Crippen molar-refractivity contribution in [3.05, 3.63) is 41.7 Å². The standard InChI is InChI=1S/C13H17N5O/c1-2-4-11-16-12(18-17-11)13(19)15-8-6-10-5-3-7-14-9-10/h3,5,7,9H,2,4,6,8H2,1H3,(H,15,19)(H,16,17,18). The Hall–Kier alpha value is -2.24. The molecule has 100 valence electrons. The van der Waals surface area contributed by atoms with E-state index in [0.29, 0.717) is 6.54 Å². The fraction of sp³-hybridized carbons (Fsp3) is 0.385. The van der Waals surface area contributed by atoms with Gasteiger partial charge in [0.25, 0.3) is 5.91 Å². The Bertz CT molecular complexity index is 523. The van der Waals surface area contributed by atoms with Crippen molar-refractivity contribution in [2.24, 2.45) is 0 Å². The Morgan fingerprint density at radius 2 is 2.32 bits per heavy atom. The number of aromatic nitrogens is 4. The van der Waals surface area contributed by atoms with Gasteiger partial charge in [-0.15, -0.1) is 5.10 Å². The van der Waals surface area contributed by atoms with Gasteiger partial charge >= 0.3 is 0 Å². The van der Waals surface area contributed by atoms with Crippen molar-refractivity contribution < 1.29 is 4.79 Å². The number of aromatic amines is 1. The summed E-state index contributed by atoms with van der Waals surface area (Å²) in [4.78, 5) is 19.9. The molecule has 19 heavy (non-hydrogen) atoms. The van der Waals surface area contributed by atoms with Crippen LogP contribution in [0.15, 0.2) is 24.5 Å². The van der Waals surface area contributed by atoms with Gasteiger partial charge < -0.3 is 5.32 Å². The molecule has 0 unspecified atom stereocenters. The van der Waals surface area contributed by atoms with Gasteiger partial charge in [0.1, 0.15) is 5.82 Å². The van der Waals surface area contributed by atoms with Crippen LogP contribution in [0.2, 0.25) is 0 Å². The van der Waals surface area contributed by atoms with Gasteiger partial charge in [0.2, 0.25) is 5.82 Å². The first-order valence-electron chi connectivity index (χ1n) is 6.38. The maximum atomic E-state index is 11.8. The molecular weight excluding hydrogens is 242 g/mol. The highest BCUT2D eigenvalue weighted by atomic mass is 16.2. The molecule has 0 aliphatic rings. The lowest BCUT2D eigenvalue weighted by atomic mass is 10.2. The zero-order valence-electron chi connectivity index (χ0n) is 10.9. The molecule has 0 spiro atoms. The number of pyridine rings is 1. The lowest BCUT2D eigenvalue weighted by molar-refractivity contribution is 0.0944. The quantitative estimate of drug-likeness (QED) is 0.814. The zero-order chi connectivity index (χ0) is 13.5. The summed E-state index contributed by atoms with van der Waals surface area (Å²) in [5.74, 6) is 0.706. The van der Waals surface area contributed by atoms with E-state index in [1.807, 2.05) is 12.1 Å². The molecular formula is C13H17N5O. The molecule has 0 radical (unpaired) electrons. The minimum atomic E-state index is -0.248. The first-order chi connectivity index (χ1) is 9.29. The fourth-order valence-corrected chi connectivity index (χ4v) is 1.69. The number of aryl methyl sites for hydroxylation is 1. The maximum Gasteiger partial charge on any atom is 0.290 e. The van der Waals surface area contributed by atoms with Gasteiger partial charge in [-0.2, -0.15) is 0 Å². The van der Waals surface area contributed by atoms with E-state index < -0.39 is 0 Å². The van der Waals surface area contributed by atoms with Crippen molar-refractivity contribution in [2.75, 3.05) is 6.54 Å². The van der Waals surface area contributed by atoms with E-state index in [9.17, 15) is 4.79 Å². The molecule has 0 saturated carbocycles. The summed E-state index contributed by atoms with van der Waals surface area (Å²) < 4.78 is 0. The van der Waals surface area contributed by atoms with E-state index in [1.165, 1.54) is 0 Å². The summed E-state index contributed by atoms with van der Waals surface area (Å²) >= 11 is 0. The number of rotatable bonds is 6. The molecule has 0 aromatic carbocycles. The smallest absolute Gasteiger partial charge is 0.290 e. The molecule has 0 aliphatic carbocycles. The van der Waals surface area contributed by atoms with Crippen molar-refractivity contribution in [3.63, 3.8) is 0 Å².